The Morgan fingerprint density at radius 2 is 1.82 bits per heavy atom. The molecule has 0 spiro atoms. The van der Waals surface area contributed by atoms with Gasteiger partial charge in [0.15, 0.2) is 11.6 Å². The minimum Gasteiger partial charge on any atom is -0.396 e. The van der Waals surface area contributed by atoms with Crippen LogP contribution in [0.4, 0.5) is 13.2 Å². The molecule has 0 heterocycles. The Balaban J connectivity index is 0.00000256. The number of aliphatic hydroxyl groups excluding tert-OH is 1. The molecule has 0 saturated carbocycles. The molecule has 3 N–H and O–H groups in total. The fraction of sp³-hybridized carbons (Fsp3) is 0.455. The lowest BCUT2D eigenvalue weighted by Gasteiger charge is -2.30. The molecule has 6 heteroatoms. The molecule has 0 radical (unpaired) electrons. The lowest BCUT2D eigenvalue weighted by Crippen LogP contribution is -2.33. The third-order valence-corrected chi connectivity index (χ3v) is 2.61. The fourth-order valence-electron chi connectivity index (χ4n) is 1.32. The molecule has 0 aromatic heterocycles. The van der Waals surface area contributed by atoms with Crippen molar-refractivity contribution in [2.24, 2.45) is 11.1 Å². The summed E-state index contributed by atoms with van der Waals surface area (Å²) in [6.07, 6.45) is 0. The Bertz CT molecular complexity index is 399. The summed E-state index contributed by atoms with van der Waals surface area (Å²) in [4.78, 5) is 0. The van der Waals surface area contributed by atoms with Crippen molar-refractivity contribution in [2.75, 3.05) is 6.61 Å². The molecule has 1 aromatic carbocycles. The van der Waals surface area contributed by atoms with Crippen molar-refractivity contribution in [2.45, 2.75) is 19.9 Å². The van der Waals surface area contributed by atoms with E-state index in [2.05, 4.69) is 0 Å². The Labute approximate surface area is 104 Å². The number of hydrogen-bond acceptors (Lipinski definition) is 2. The van der Waals surface area contributed by atoms with Crippen LogP contribution in [0, 0.1) is 22.9 Å². The predicted molar refractivity (Wildman–Crippen MR) is 61.4 cm³/mol. The third-order valence-electron chi connectivity index (χ3n) is 2.61. The molecule has 17 heavy (non-hydrogen) atoms. The molecule has 0 saturated heterocycles. The lowest BCUT2D eigenvalue weighted by molar-refractivity contribution is 0.130. The van der Waals surface area contributed by atoms with Gasteiger partial charge >= 0.3 is 0 Å². The molecular weight excluding hydrogens is 255 g/mol. The van der Waals surface area contributed by atoms with Crippen LogP contribution < -0.4 is 5.73 Å². The quantitative estimate of drug-likeness (QED) is 0.829. The van der Waals surface area contributed by atoms with Crippen molar-refractivity contribution in [3.63, 3.8) is 0 Å². The SMILES string of the molecule is CC(C)(CO)[C@@H](N)c1cc(F)cc(F)c1F.Cl. The van der Waals surface area contributed by atoms with Crippen molar-refractivity contribution in [3.8, 4) is 0 Å². The van der Waals surface area contributed by atoms with Crippen LogP contribution in [0.5, 0.6) is 0 Å². The van der Waals surface area contributed by atoms with Crippen LogP contribution >= 0.6 is 12.4 Å². The van der Waals surface area contributed by atoms with Crippen LogP contribution in [0.25, 0.3) is 0 Å². The zero-order valence-corrected chi connectivity index (χ0v) is 10.3. The van der Waals surface area contributed by atoms with Crippen molar-refractivity contribution < 1.29 is 18.3 Å². The van der Waals surface area contributed by atoms with Gasteiger partial charge in [-0.2, -0.15) is 0 Å². The average molecular weight is 270 g/mol. The van der Waals surface area contributed by atoms with Crippen molar-refractivity contribution in [3.05, 3.63) is 35.1 Å². The summed E-state index contributed by atoms with van der Waals surface area (Å²) < 4.78 is 39.3. The molecule has 1 rings (SSSR count). The second-order valence-electron chi connectivity index (χ2n) is 4.42. The average Bonchev–Trinajstić information content (AvgIpc) is 2.22. The maximum absolute atomic E-state index is 13.4. The molecule has 1 aromatic rings. The van der Waals surface area contributed by atoms with Crippen molar-refractivity contribution >= 4 is 12.4 Å². The first-order chi connectivity index (χ1) is 7.29. The number of aliphatic hydroxyl groups is 1. The zero-order chi connectivity index (χ0) is 12.5. The number of nitrogens with two attached hydrogens (primary N) is 1. The first-order valence-electron chi connectivity index (χ1n) is 4.80. The van der Waals surface area contributed by atoms with Gasteiger partial charge < -0.3 is 10.8 Å². The van der Waals surface area contributed by atoms with E-state index in [4.69, 9.17) is 10.8 Å². The van der Waals surface area contributed by atoms with Gasteiger partial charge in [0.2, 0.25) is 0 Å². The monoisotopic (exact) mass is 269 g/mol. The Hall–Kier alpha value is -0.780. The van der Waals surface area contributed by atoms with E-state index in [9.17, 15) is 13.2 Å². The summed E-state index contributed by atoms with van der Waals surface area (Å²) in [5.41, 5.74) is 4.56. The van der Waals surface area contributed by atoms with E-state index in [1.54, 1.807) is 13.8 Å². The Morgan fingerprint density at radius 1 is 1.29 bits per heavy atom. The first kappa shape index (κ1) is 16.2. The summed E-state index contributed by atoms with van der Waals surface area (Å²) in [5.74, 6) is -3.34. The second kappa shape index (κ2) is 5.71. The summed E-state index contributed by atoms with van der Waals surface area (Å²) in [6.45, 7) is 2.85. The number of rotatable bonds is 3. The lowest BCUT2D eigenvalue weighted by atomic mass is 9.81. The van der Waals surface area contributed by atoms with Crippen LogP contribution in [0.2, 0.25) is 0 Å². The van der Waals surface area contributed by atoms with Gasteiger partial charge in [-0.05, 0) is 6.07 Å². The van der Waals surface area contributed by atoms with Gasteiger partial charge in [-0.15, -0.1) is 12.4 Å². The zero-order valence-electron chi connectivity index (χ0n) is 9.51. The smallest absolute Gasteiger partial charge is 0.163 e. The minimum atomic E-state index is -1.28. The van der Waals surface area contributed by atoms with Crippen molar-refractivity contribution in [1.82, 2.24) is 0 Å². The van der Waals surface area contributed by atoms with Crippen LogP contribution in [0.1, 0.15) is 25.5 Å². The molecule has 0 amide bonds. The summed E-state index contributed by atoms with van der Waals surface area (Å²) in [6, 6.07) is 0.320. The molecule has 0 fully saturated rings. The van der Waals surface area contributed by atoms with E-state index in [0.717, 1.165) is 6.07 Å². The largest absolute Gasteiger partial charge is 0.396 e. The fourth-order valence-corrected chi connectivity index (χ4v) is 1.32. The van der Waals surface area contributed by atoms with Crippen LogP contribution in [0.3, 0.4) is 0 Å². The van der Waals surface area contributed by atoms with Gasteiger partial charge in [0.1, 0.15) is 5.82 Å². The Morgan fingerprint density at radius 3 is 2.29 bits per heavy atom. The first-order valence-corrected chi connectivity index (χ1v) is 4.80. The summed E-state index contributed by atoms with van der Waals surface area (Å²) in [7, 11) is 0. The van der Waals surface area contributed by atoms with Crippen LogP contribution in [-0.4, -0.2) is 11.7 Å². The van der Waals surface area contributed by atoms with E-state index in [1.807, 2.05) is 0 Å². The highest BCUT2D eigenvalue weighted by Crippen LogP contribution is 2.33. The highest BCUT2D eigenvalue weighted by molar-refractivity contribution is 5.85. The highest BCUT2D eigenvalue weighted by atomic mass is 35.5. The molecule has 1 atom stereocenters. The molecular formula is C11H15ClF3NO. The number of benzene rings is 1. The molecule has 0 unspecified atom stereocenters. The van der Waals surface area contributed by atoms with Crippen molar-refractivity contribution in [1.29, 1.82) is 0 Å². The Kier molecular flexibility index (Phi) is 5.45. The maximum atomic E-state index is 13.4. The molecule has 0 aliphatic rings. The van der Waals surface area contributed by atoms with E-state index in [1.165, 1.54) is 0 Å². The van der Waals surface area contributed by atoms with E-state index in [0.29, 0.717) is 6.07 Å². The summed E-state index contributed by atoms with van der Waals surface area (Å²) >= 11 is 0. The number of hydrogen-bond donors (Lipinski definition) is 2. The van der Waals surface area contributed by atoms with E-state index < -0.39 is 28.9 Å². The highest BCUT2D eigenvalue weighted by Gasteiger charge is 2.30. The van der Waals surface area contributed by atoms with E-state index in [-0.39, 0.29) is 24.6 Å². The van der Waals surface area contributed by atoms with Gasteiger partial charge in [-0.1, -0.05) is 13.8 Å². The van der Waals surface area contributed by atoms with Gasteiger partial charge in [-0.25, -0.2) is 13.2 Å². The number of halogens is 4. The van der Waals surface area contributed by atoms with Gasteiger partial charge in [0, 0.05) is 29.7 Å². The van der Waals surface area contributed by atoms with Crippen LogP contribution in [-0.2, 0) is 0 Å². The van der Waals surface area contributed by atoms with Crippen LogP contribution in [0.15, 0.2) is 12.1 Å². The van der Waals surface area contributed by atoms with Gasteiger partial charge in [0.25, 0.3) is 0 Å². The van der Waals surface area contributed by atoms with Gasteiger partial charge in [0.05, 0.1) is 0 Å². The normalized spacial score (nSPS) is 13.1. The molecule has 2 nitrogen and oxygen atoms in total. The maximum Gasteiger partial charge on any atom is 0.163 e. The van der Waals surface area contributed by atoms with Gasteiger partial charge in [-0.3, -0.25) is 0 Å². The van der Waals surface area contributed by atoms with E-state index >= 15 is 0 Å². The predicted octanol–water partition coefficient (Wildman–Crippen LogP) is 2.54. The third kappa shape index (κ3) is 3.34. The topological polar surface area (TPSA) is 46.2 Å². The molecule has 0 aliphatic heterocycles. The molecule has 98 valence electrons. The standard InChI is InChI=1S/C11H14F3NO.ClH/c1-11(2,5-16)10(15)7-3-6(12)4-8(13)9(7)14;/h3-4,10,16H,5,15H2,1-2H3;1H/t10-;/m0./s1. The molecule has 0 aliphatic carbocycles. The molecule has 0 bridgehead atoms. The minimum absolute atomic E-state index is 0. The summed E-state index contributed by atoms with van der Waals surface area (Å²) in [5, 5.41) is 9.07. The second-order valence-corrected chi connectivity index (χ2v) is 4.42.